The molecule has 0 spiro atoms. The number of rotatable bonds is 6. The van der Waals surface area contributed by atoms with Crippen LogP contribution in [0.1, 0.15) is 25.7 Å². The fraction of sp³-hybridized carbons (Fsp3) is 0.688. The van der Waals surface area contributed by atoms with Crippen molar-refractivity contribution >= 4 is 21.9 Å². The van der Waals surface area contributed by atoms with Gasteiger partial charge in [0.15, 0.2) is 0 Å². The minimum atomic E-state index is -3.36. The van der Waals surface area contributed by atoms with Crippen molar-refractivity contribution in [3.63, 3.8) is 0 Å². The number of carbonyl (C=O) groups is 1. The molecule has 8 nitrogen and oxygen atoms in total. The topological polar surface area (TPSA) is 95.5 Å². The summed E-state index contributed by atoms with van der Waals surface area (Å²) in [5, 5.41) is 2.78. The number of nitrogens with one attached hydrogen (secondary N) is 1. The molecule has 1 aliphatic heterocycles. The van der Waals surface area contributed by atoms with Gasteiger partial charge in [-0.3, -0.25) is 4.79 Å². The monoisotopic (exact) mass is 367 g/mol. The fourth-order valence-corrected chi connectivity index (χ4v) is 4.72. The zero-order chi connectivity index (χ0) is 17.7. The molecule has 3 rings (SSSR count). The molecule has 1 aliphatic carbocycles. The predicted octanol–water partition coefficient (Wildman–Crippen LogP) is 0.235. The zero-order valence-electron chi connectivity index (χ0n) is 14.3. The van der Waals surface area contributed by atoms with Gasteiger partial charge in [0, 0.05) is 51.0 Å². The van der Waals surface area contributed by atoms with E-state index in [2.05, 4.69) is 15.3 Å². The first-order chi connectivity index (χ1) is 12.1. The summed E-state index contributed by atoms with van der Waals surface area (Å²) in [4.78, 5) is 22.3. The molecule has 138 valence electrons. The fourth-order valence-electron chi connectivity index (χ4n) is 3.39. The molecule has 1 amide bonds. The molecule has 1 aromatic heterocycles. The number of hydrogen-bond donors (Lipinski definition) is 1. The van der Waals surface area contributed by atoms with Gasteiger partial charge in [-0.15, -0.1) is 0 Å². The van der Waals surface area contributed by atoms with Gasteiger partial charge < -0.3 is 10.2 Å². The highest BCUT2D eigenvalue weighted by molar-refractivity contribution is 7.89. The molecular weight excluding hydrogens is 342 g/mol. The van der Waals surface area contributed by atoms with Crippen LogP contribution in [-0.2, 0) is 14.8 Å². The molecule has 25 heavy (non-hydrogen) atoms. The largest absolute Gasteiger partial charge is 0.355 e. The van der Waals surface area contributed by atoms with Crippen LogP contribution in [0.15, 0.2) is 18.5 Å². The number of sulfonamides is 1. The predicted molar refractivity (Wildman–Crippen MR) is 94.6 cm³/mol. The van der Waals surface area contributed by atoms with Crippen molar-refractivity contribution in [1.82, 2.24) is 19.6 Å². The van der Waals surface area contributed by atoms with Gasteiger partial charge in [-0.05, 0) is 18.9 Å². The normalized spacial score (nSPS) is 19.9. The Kier molecular flexibility index (Phi) is 5.85. The minimum Gasteiger partial charge on any atom is -0.355 e. The van der Waals surface area contributed by atoms with Crippen LogP contribution in [0, 0.1) is 5.92 Å². The second-order valence-corrected chi connectivity index (χ2v) is 8.61. The first-order valence-electron chi connectivity index (χ1n) is 8.84. The average Bonchev–Trinajstić information content (AvgIpc) is 3.17. The number of piperazine rings is 1. The van der Waals surface area contributed by atoms with E-state index in [9.17, 15) is 13.2 Å². The second kappa shape index (κ2) is 8.09. The number of anilines is 1. The lowest BCUT2D eigenvalue weighted by atomic mass is 10.1. The Morgan fingerprint density at radius 1 is 1.12 bits per heavy atom. The number of amides is 1. The van der Waals surface area contributed by atoms with Crippen molar-refractivity contribution in [2.45, 2.75) is 25.7 Å². The Bertz CT molecular complexity index is 668. The summed E-state index contributed by atoms with van der Waals surface area (Å²) in [7, 11) is -3.36. The maximum absolute atomic E-state index is 12.5. The third-order valence-corrected chi connectivity index (χ3v) is 6.72. The zero-order valence-corrected chi connectivity index (χ0v) is 15.1. The van der Waals surface area contributed by atoms with Gasteiger partial charge in [-0.1, -0.05) is 12.8 Å². The number of hydrogen-bond acceptors (Lipinski definition) is 6. The summed E-state index contributed by atoms with van der Waals surface area (Å²) < 4.78 is 26.4. The summed E-state index contributed by atoms with van der Waals surface area (Å²) in [5.41, 5.74) is 0. The molecule has 1 saturated carbocycles. The lowest BCUT2D eigenvalue weighted by Crippen LogP contribution is -2.50. The first-order valence-corrected chi connectivity index (χ1v) is 10.4. The van der Waals surface area contributed by atoms with Crippen LogP contribution in [0.2, 0.25) is 0 Å². The van der Waals surface area contributed by atoms with Crippen LogP contribution < -0.4 is 10.2 Å². The summed E-state index contributed by atoms with van der Waals surface area (Å²) in [5.74, 6) is 0.645. The van der Waals surface area contributed by atoms with Crippen LogP contribution in [-0.4, -0.2) is 67.1 Å². The molecule has 0 radical (unpaired) electrons. The van der Waals surface area contributed by atoms with E-state index in [4.69, 9.17) is 0 Å². The van der Waals surface area contributed by atoms with E-state index in [0.717, 1.165) is 25.7 Å². The van der Waals surface area contributed by atoms with Gasteiger partial charge in [0.25, 0.3) is 0 Å². The van der Waals surface area contributed by atoms with Crippen molar-refractivity contribution in [3.05, 3.63) is 18.5 Å². The lowest BCUT2D eigenvalue weighted by Gasteiger charge is -2.33. The molecule has 2 heterocycles. The Hall–Kier alpha value is -1.74. The number of aromatic nitrogens is 2. The third-order valence-electron chi connectivity index (χ3n) is 4.85. The van der Waals surface area contributed by atoms with E-state index >= 15 is 0 Å². The minimum absolute atomic E-state index is 0.00116. The summed E-state index contributed by atoms with van der Waals surface area (Å²) >= 11 is 0. The van der Waals surface area contributed by atoms with Crippen molar-refractivity contribution < 1.29 is 13.2 Å². The average molecular weight is 367 g/mol. The van der Waals surface area contributed by atoms with Crippen molar-refractivity contribution in [3.8, 4) is 0 Å². The maximum atomic E-state index is 12.5. The van der Waals surface area contributed by atoms with Gasteiger partial charge >= 0.3 is 0 Å². The first kappa shape index (κ1) is 18.1. The molecule has 0 unspecified atom stereocenters. The van der Waals surface area contributed by atoms with Crippen LogP contribution in [0.3, 0.4) is 0 Å². The van der Waals surface area contributed by atoms with Crippen LogP contribution >= 0.6 is 0 Å². The van der Waals surface area contributed by atoms with E-state index in [1.54, 1.807) is 18.5 Å². The van der Waals surface area contributed by atoms with Gasteiger partial charge in [0.1, 0.15) is 0 Å². The van der Waals surface area contributed by atoms with E-state index in [1.165, 1.54) is 4.31 Å². The highest BCUT2D eigenvalue weighted by atomic mass is 32.2. The highest BCUT2D eigenvalue weighted by Gasteiger charge is 2.28. The third kappa shape index (κ3) is 4.66. The van der Waals surface area contributed by atoms with Crippen LogP contribution in [0.5, 0.6) is 0 Å². The summed E-state index contributed by atoms with van der Waals surface area (Å²) in [6.07, 6.45) is 7.37. The molecule has 0 atom stereocenters. The van der Waals surface area contributed by atoms with Crippen molar-refractivity contribution in [2.75, 3.05) is 43.4 Å². The van der Waals surface area contributed by atoms with Crippen LogP contribution in [0.25, 0.3) is 0 Å². The van der Waals surface area contributed by atoms with Crippen molar-refractivity contribution in [2.24, 2.45) is 5.92 Å². The molecular formula is C16H25N5O3S. The Labute approximate surface area is 148 Å². The molecule has 9 heteroatoms. The van der Waals surface area contributed by atoms with E-state index in [-0.39, 0.29) is 24.1 Å². The second-order valence-electron chi connectivity index (χ2n) is 6.52. The Balaban J connectivity index is 1.44. The highest BCUT2D eigenvalue weighted by Crippen LogP contribution is 2.24. The lowest BCUT2D eigenvalue weighted by molar-refractivity contribution is -0.124. The summed E-state index contributed by atoms with van der Waals surface area (Å²) in [6.45, 7) is 2.14. The number of nitrogens with zero attached hydrogens (tertiary/aromatic N) is 4. The van der Waals surface area contributed by atoms with Gasteiger partial charge in [0.2, 0.25) is 21.9 Å². The standard InChI is InChI=1S/C16H25N5O3S/c22-15(14-4-1-2-5-14)17-8-13-25(23,24)21-11-9-20(10-12-21)16-18-6-3-7-19-16/h3,6-7,14H,1-2,4-5,8-13H2,(H,17,22). The van der Waals surface area contributed by atoms with Gasteiger partial charge in [0.05, 0.1) is 5.75 Å². The molecule has 0 aromatic carbocycles. The maximum Gasteiger partial charge on any atom is 0.225 e. The molecule has 1 saturated heterocycles. The van der Waals surface area contributed by atoms with E-state index in [0.29, 0.717) is 32.1 Å². The molecule has 1 aromatic rings. The summed E-state index contributed by atoms with van der Waals surface area (Å²) in [6, 6.07) is 1.75. The molecule has 1 N–H and O–H groups in total. The van der Waals surface area contributed by atoms with Gasteiger partial charge in [-0.2, -0.15) is 4.31 Å². The molecule has 2 fully saturated rings. The van der Waals surface area contributed by atoms with Gasteiger partial charge in [-0.25, -0.2) is 18.4 Å². The van der Waals surface area contributed by atoms with E-state index in [1.807, 2.05) is 4.90 Å². The molecule has 0 bridgehead atoms. The Morgan fingerprint density at radius 2 is 1.76 bits per heavy atom. The van der Waals surface area contributed by atoms with E-state index < -0.39 is 10.0 Å². The van der Waals surface area contributed by atoms with Crippen LogP contribution in [0.4, 0.5) is 5.95 Å². The SMILES string of the molecule is O=C(NCCS(=O)(=O)N1CCN(c2ncccn2)CC1)C1CCCC1. The number of carbonyl (C=O) groups excluding carboxylic acids is 1. The molecule has 2 aliphatic rings. The smallest absolute Gasteiger partial charge is 0.225 e. The quantitative estimate of drug-likeness (QED) is 0.774. The van der Waals surface area contributed by atoms with Crippen molar-refractivity contribution in [1.29, 1.82) is 0 Å². The Morgan fingerprint density at radius 3 is 2.40 bits per heavy atom.